The highest BCUT2D eigenvalue weighted by molar-refractivity contribution is 6.31. The van der Waals surface area contributed by atoms with Crippen molar-refractivity contribution < 1.29 is 23.5 Å². The first kappa shape index (κ1) is 14.7. The molecule has 5 nitrogen and oxygen atoms in total. The number of rotatable bonds is 3. The van der Waals surface area contributed by atoms with E-state index in [1.54, 1.807) is 30.3 Å². The summed E-state index contributed by atoms with van der Waals surface area (Å²) in [5.74, 6) is -4.67. The molecule has 0 spiro atoms. The van der Waals surface area contributed by atoms with Gasteiger partial charge in [0.2, 0.25) is 0 Å². The van der Waals surface area contributed by atoms with E-state index in [-0.39, 0.29) is 11.4 Å². The minimum atomic E-state index is -1.18. The van der Waals surface area contributed by atoms with Crippen molar-refractivity contribution in [3.05, 3.63) is 65.9 Å². The number of nitrogens with one attached hydrogen (secondary N) is 1. The molecule has 3 rings (SSSR count). The van der Waals surface area contributed by atoms with E-state index in [1.807, 2.05) is 0 Å². The van der Waals surface area contributed by atoms with Gasteiger partial charge in [-0.3, -0.25) is 9.59 Å². The van der Waals surface area contributed by atoms with E-state index in [2.05, 4.69) is 5.32 Å². The van der Waals surface area contributed by atoms with E-state index in [0.29, 0.717) is 5.69 Å². The van der Waals surface area contributed by atoms with Crippen molar-refractivity contribution in [2.75, 3.05) is 10.2 Å². The number of phenols is 1. The standard InChI is InChI=1S/C16H10F2N2O3/c17-11-6-9(7-12(18)15(11)22)19-13-8-14(21)20(16(13)23)10-4-2-1-3-5-10/h1-8,19,22H. The summed E-state index contributed by atoms with van der Waals surface area (Å²) in [6, 6.07) is 9.91. The van der Waals surface area contributed by atoms with E-state index >= 15 is 0 Å². The maximum atomic E-state index is 13.3. The van der Waals surface area contributed by atoms with Gasteiger partial charge in [0, 0.05) is 23.9 Å². The van der Waals surface area contributed by atoms with Crippen LogP contribution in [-0.4, -0.2) is 16.9 Å². The number of para-hydroxylation sites is 1. The Morgan fingerprint density at radius 2 is 1.61 bits per heavy atom. The molecule has 2 aromatic carbocycles. The Kier molecular flexibility index (Phi) is 3.53. The Morgan fingerprint density at radius 3 is 2.22 bits per heavy atom. The number of aromatic hydroxyl groups is 1. The van der Waals surface area contributed by atoms with Gasteiger partial charge in [-0.25, -0.2) is 13.7 Å². The Morgan fingerprint density at radius 1 is 1.00 bits per heavy atom. The maximum Gasteiger partial charge on any atom is 0.281 e. The van der Waals surface area contributed by atoms with Gasteiger partial charge in [-0.2, -0.15) is 0 Å². The number of hydrogen-bond donors (Lipinski definition) is 2. The summed E-state index contributed by atoms with van der Waals surface area (Å²) >= 11 is 0. The Bertz CT molecular complexity index is 811. The molecular formula is C16H10F2N2O3. The zero-order valence-corrected chi connectivity index (χ0v) is 11.6. The summed E-state index contributed by atoms with van der Waals surface area (Å²) in [7, 11) is 0. The normalized spacial score (nSPS) is 14.2. The summed E-state index contributed by atoms with van der Waals surface area (Å²) < 4.78 is 26.6. The second kappa shape index (κ2) is 5.53. The number of carbonyl (C=O) groups is 2. The Balaban J connectivity index is 1.87. The van der Waals surface area contributed by atoms with Crippen LogP contribution in [-0.2, 0) is 9.59 Å². The van der Waals surface area contributed by atoms with Crippen LogP contribution in [0, 0.1) is 11.6 Å². The number of hydrogen-bond acceptors (Lipinski definition) is 4. The van der Waals surface area contributed by atoms with E-state index in [9.17, 15) is 18.4 Å². The third-order valence-corrected chi connectivity index (χ3v) is 3.23. The second-order valence-corrected chi connectivity index (χ2v) is 4.79. The monoisotopic (exact) mass is 316 g/mol. The number of anilines is 2. The lowest BCUT2D eigenvalue weighted by molar-refractivity contribution is -0.120. The van der Waals surface area contributed by atoms with Crippen molar-refractivity contribution in [2.24, 2.45) is 0 Å². The minimum absolute atomic E-state index is 0.0971. The van der Waals surface area contributed by atoms with Crippen LogP contribution in [0.2, 0.25) is 0 Å². The lowest BCUT2D eigenvalue weighted by Gasteiger charge is -2.15. The smallest absolute Gasteiger partial charge is 0.281 e. The minimum Gasteiger partial charge on any atom is -0.503 e. The quantitative estimate of drug-likeness (QED) is 0.674. The van der Waals surface area contributed by atoms with Crippen LogP contribution in [0.4, 0.5) is 20.2 Å². The number of phenolic OH excluding ortho intramolecular Hbond substituents is 1. The molecule has 0 radical (unpaired) electrons. The second-order valence-electron chi connectivity index (χ2n) is 4.79. The number of carbonyl (C=O) groups excluding carboxylic acids is 2. The fourth-order valence-corrected chi connectivity index (χ4v) is 2.17. The van der Waals surface area contributed by atoms with Crippen LogP contribution < -0.4 is 10.2 Å². The van der Waals surface area contributed by atoms with Crippen LogP contribution in [0.15, 0.2) is 54.2 Å². The summed E-state index contributed by atoms with van der Waals surface area (Å²) in [5, 5.41) is 11.5. The largest absolute Gasteiger partial charge is 0.503 e. The van der Waals surface area contributed by atoms with Crippen LogP contribution in [0.25, 0.3) is 0 Å². The molecule has 1 heterocycles. The van der Waals surface area contributed by atoms with E-state index in [1.165, 1.54) is 0 Å². The number of imide groups is 1. The molecule has 0 saturated heterocycles. The molecule has 0 fully saturated rings. The van der Waals surface area contributed by atoms with E-state index < -0.39 is 29.2 Å². The van der Waals surface area contributed by atoms with Crippen molar-refractivity contribution in [3.8, 4) is 5.75 Å². The molecule has 0 saturated carbocycles. The highest BCUT2D eigenvalue weighted by atomic mass is 19.1. The molecule has 0 unspecified atom stereocenters. The van der Waals surface area contributed by atoms with Crippen molar-refractivity contribution >= 4 is 23.2 Å². The van der Waals surface area contributed by atoms with Crippen LogP contribution >= 0.6 is 0 Å². The average molecular weight is 316 g/mol. The van der Waals surface area contributed by atoms with Gasteiger partial charge in [-0.05, 0) is 12.1 Å². The van der Waals surface area contributed by atoms with E-state index in [0.717, 1.165) is 23.1 Å². The molecule has 7 heteroatoms. The first-order valence-corrected chi connectivity index (χ1v) is 6.57. The number of amides is 2. The van der Waals surface area contributed by atoms with Crippen molar-refractivity contribution in [1.82, 2.24) is 0 Å². The molecule has 2 N–H and O–H groups in total. The summed E-state index contributed by atoms with van der Waals surface area (Å²) in [6.07, 6.45) is 1.04. The Hall–Kier alpha value is -3.22. The number of nitrogens with zero attached hydrogens (tertiary/aromatic N) is 1. The van der Waals surface area contributed by atoms with Gasteiger partial charge in [-0.15, -0.1) is 0 Å². The molecule has 0 bridgehead atoms. The third kappa shape index (κ3) is 2.64. The van der Waals surface area contributed by atoms with Gasteiger partial charge in [-0.1, -0.05) is 18.2 Å². The molecule has 116 valence electrons. The molecular weight excluding hydrogens is 306 g/mol. The molecule has 2 aromatic rings. The lowest BCUT2D eigenvalue weighted by atomic mass is 10.2. The molecule has 23 heavy (non-hydrogen) atoms. The van der Waals surface area contributed by atoms with Gasteiger partial charge >= 0.3 is 0 Å². The predicted molar refractivity (Wildman–Crippen MR) is 78.7 cm³/mol. The van der Waals surface area contributed by atoms with Crippen molar-refractivity contribution in [3.63, 3.8) is 0 Å². The topological polar surface area (TPSA) is 69.6 Å². The Labute approximate surface area is 129 Å². The fourth-order valence-electron chi connectivity index (χ4n) is 2.17. The third-order valence-electron chi connectivity index (χ3n) is 3.23. The van der Waals surface area contributed by atoms with Crippen LogP contribution in [0.1, 0.15) is 0 Å². The predicted octanol–water partition coefficient (Wildman–Crippen LogP) is 2.54. The zero-order valence-electron chi connectivity index (χ0n) is 11.6. The summed E-state index contributed by atoms with van der Waals surface area (Å²) in [5.41, 5.74) is 0.169. The first-order valence-electron chi connectivity index (χ1n) is 6.57. The fraction of sp³-hybridized carbons (Fsp3) is 0. The summed E-state index contributed by atoms with van der Waals surface area (Å²) in [6.45, 7) is 0. The molecule has 2 amide bonds. The highest BCUT2D eigenvalue weighted by Gasteiger charge is 2.32. The van der Waals surface area contributed by atoms with E-state index in [4.69, 9.17) is 5.11 Å². The summed E-state index contributed by atoms with van der Waals surface area (Å²) in [4.78, 5) is 25.2. The SMILES string of the molecule is O=C1C=C(Nc2cc(F)c(O)c(F)c2)C(=O)N1c1ccccc1. The molecule has 1 aliphatic rings. The van der Waals surface area contributed by atoms with Crippen LogP contribution in [0.3, 0.4) is 0 Å². The maximum absolute atomic E-state index is 13.3. The molecule has 0 aliphatic carbocycles. The van der Waals surface area contributed by atoms with Gasteiger partial charge in [0.15, 0.2) is 17.4 Å². The van der Waals surface area contributed by atoms with Gasteiger partial charge in [0.25, 0.3) is 11.8 Å². The highest BCUT2D eigenvalue weighted by Crippen LogP contribution is 2.27. The lowest BCUT2D eigenvalue weighted by Crippen LogP contribution is -2.31. The molecule has 0 atom stereocenters. The number of benzene rings is 2. The molecule has 0 aromatic heterocycles. The van der Waals surface area contributed by atoms with Gasteiger partial charge < -0.3 is 10.4 Å². The van der Waals surface area contributed by atoms with Gasteiger partial charge in [0.1, 0.15) is 5.70 Å². The van der Waals surface area contributed by atoms with Crippen molar-refractivity contribution in [1.29, 1.82) is 0 Å². The van der Waals surface area contributed by atoms with Gasteiger partial charge in [0.05, 0.1) is 5.69 Å². The average Bonchev–Trinajstić information content (AvgIpc) is 2.80. The van der Waals surface area contributed by atoms with Crippen molar-refractivity contribution in [2.45, 2.75) is 0 Å². The number of halogens is 2. The first-order chi connectivity index (χ1) is 11.0. The van der Waals surface area contributed by atoms with Crippen LogP contribution in [0.5, 0.6) is 5.75 Å². The molecule has 1 aliphatic heterocycles. The zero-order chi connectivity index (χ0) is 16.6.